The van der Waals surface area contributed by atoms with Crippen molar-refractivity contribution < 1.29 is 9.13 Å². The lowest BCUT2D eigenvalue weighted by Crippen LogP contribution is -2.65. The van der Waals surface area contributed by atoms with E-state index in [9.17, 15) is 14.9 Å². The summed E-state index contributed by atoms with van der Waals surface area (Å²) in [7, 11) is 3.56. The minimum absolute atomic E-state index is 0.174. The predicted octanol–water partition coefficient (Wildman–Crippen LogP) is 3.79. The van der Waals surface area contributed by atoms with Crippen LogP contribution in [0.4, 0.5) is 26.8 Å². The number of hydrogen-bond acceptors (Lipinski definition) is 13. The molecule has 4 aliphatic rings. The first-order valence-electron chi connectivity index (χ1n) is 15.6. The molecule has 3 aromatic heterocycles. The molecule has 14 heteroatoms. The largest absolute Gasteiger partial charge is 0.467 e. The first-order valence-corrected chi connectivity index (χ1v) is 16.5. The molecular formula is C32H40FN11OS. The molecule has 4 N–H and O–H groups in total. The number of hydrogen-bond donors (Lipinski definition) is 2. The predicted molar refractivity (Wildman–Crippen MR) is 176 cm³/mol. The Balaban J connectivity index is 0.000000352. The lowest BCUT2D eigenvalue weighted by atomic mass is 9.81. The van der Waals surface area contributed by atoms with Gasteiger partial charge in [-0.1, -0.05) is 6.07 Å². The van der Waals surface area contributed by atoms with E-state index in [2.05, 4.69) is 43.9 Å². The summed E-state index contributed by atoms with van der Waals surface area (Å²) in [6.45, 7) is 8.28. The van der Waals surface area contributed by atoms with Crippen LogP contribution in [0.25, 0.3) is 0 Å². The summed E-state index contributed by atoms with van der Waals surface area (Å²) in [4.78, 5) is 23.1. The Morgan fingerprint density at radius 2 is 2.00 bits per heavy atom. The van der Waals surface area contributed by atoms with Crippen LogP contribution in [-0.2, 0) is 12.1 Å². The lowest BCUT2D eigenvalue weighted by Gasteiger charge is -2.53. The van der Waals surface area contributed by atoms with E-state index in [-0.39, 0.29) is 17.6 Å². The normalized spacial score (nSPS) is 21.8. The van der Waals surface area contributed by atoms with Gasteiger partial charge in [0.25, 0.3) is 0 Å². The van der Waals surface area contributed by atoms with E-state index in [4.69, 9.17) is 16.2 Å². The molecule has 3 aromatic rings. The molecule has 3 fully saturated rings. The number of fused-ring (bicyclic) bond motifs is 3. The molecule has 7 rings (SSSR count). The highest BCUT2D eigenvalue weighted by Gasteiger charge is 2.55. The summed E-state index contributed by atoms with van der Waals surface area (Å²) in [6, 6.07) is 8.99. The third-order valence-electron chi connectivity index (χ3n) is 9.91. The summed E-state index contributed by atoms with van der Waals surface area (Å²) in [5, 5.41) is 20.6. The van der Waals surface area contributed by atoms with Crippen LogP contribution < -0.4 is 26.0 Å². The monoisotopic (exact) mass is 645 g/mol. The van der Waals surface area contributed by atoms with Crippen molar-refractivity contribution in [2.24, 2.45) is 0 Å². The van der Waals surface area contributed by atoms with Crippen LogP contribution in [-0.4, -0.2) is 83.8 Å². The second kappa shape index (κ2) is 12.5. The molecule has 0 amide bonds. The summed E-state index contributed by atoms with van der Waals surface area (Å²) in [5.74, 6) is 1.41. The van der Waals surface area contributed by atoms with Crippen molar-refractivity contribution >= 4 is 33.8 Å². The highest BCUT2D eigenvalue weighted by atomic mass is 32.1. The Kier molecular flexibility index (Phi) is 8.63. The zero-order valence-electron chi connectivity index (χ0n) is 26.7. The number of likely N-dealkylation sites (N-methyl/N-ethyl adjacent to an activating group) is 1. The number of halogens is 1. The Labute approximate surface area is 273 Å². The van der Waals surface area contributed by atoms with Gasteiger partial charge in [0.15, 0.2) is 11.6 Å². The van der Waals surface area contributed by atoms with E-state index in [1.807, 2.05) is 35.8 Å². The number of thiophene rings is 1. The van der Waals surface area contributed by atoms with Crippen LogP contribution in [0.2, 0.25) is 0 Å². The SMILES string of the molecule is CCN(c1nc(OC)nc(N2CC3(C2)c2c(sc(N)c2C#N)CN3C)c1C#N)C(C)c1cccnc1N.FC1CC2CCCN2C1. The Morgan fingerprint density at radius 1 is 1.24 bits per heavy atom. The number of anilines is 4. The molecule has 3 atom stereocenters. The zero-order chi connectivity index (χ0) is 32.7. The van der Waals surface area contributed by atoms with Crippen LogP contribution >= 0.6 is 11.3 Å². The molecule has 0 saturated carbocycles. The summed E-state index contributed by atoms with van der Waals surface area (Å²) in [6.07, 6.45) is 4.46. The number of rotatable bonds is 6. The molecule has 0 aliphatic carbocycles. The van der Waals surface area contributed by atoms with E-state index in [1.54, 1.807) is 6.20 Å². The highest BCUT2D eigenvalue weighted by Crippen LogP contribution is 2.52. The number of nitrogens with two attached hydrogens (primary N) is 2. The maximum atomic E-state index is 12.6. The lowest BCUT2D eigenvalue weighted by molar-refractivity contribution is 0.0992. The second-order valence-electron chi connectivity index (χ2n) is 12.4. The van der Waals surface area contributed by atoms with Crippen molar-refractivity contribution in [1.29, 1.82) is 10.5 Å². The molecule has 4 aliphatic heterocycles. The van der Waals surface area contributed by atoms with Crippen molar-refractivity contribution in [1.82, 2.24) is 24.8 Å². The van der Waals surface area contributed by atoms with Gasteiger partial charge in [0, 0.05) is 61.0 Å². The number of ether oxygens (including phenoxy) is 1. The van der Waals surface area contributed by atoms with Crippen molar-refractivity contribution in [3.05, 3.63) is 45.5 Å². The molecule has 7 heterocycles. The number of alkyl halides is 1. The summed E-state index contributed by atoms with van der Waals surface area (Å²) < 4.78 is 18.1. The molecule has 12 nitrogen and oxygen atoms in total. The highest BCUT2D eigenvalue weighted by molar-refractivity contribution is 7.16. The van der Waals surface area contributed by atoms with Gasteiger partial charge in [-0.2, -0.15) is 20.5 Å². The molecule has 3 unspecified atom stereocenters. The van der Waals surface area contributed by atoms with E-state index in [1.165, 1.54) is 31.3 Å². The van der Waals surface area contributed by atoms with Gasteiger partial charge in [0.2, 0.25) is 0 Å². The molecule has 0 aromatic carbocycles. The fourth-order valence-corrected chi connectivity index (χ4v) is 8.70. The number of methoxy groups -OCH3 is 1. The van der Waals surface area contributed by atoms with Crippen molar-refractivity contribution in [3.8, 4) is 18.1 Å². The zero-order valence-corrected chi connectivity index (χ0v) is 27.5. The Hall–Kier alpha value is -4.24. The minimum Gasteiger partial charge on any atom is -0.467 e. The molecule has 1 spiro atoms. The third kappa shape index (κ3) is 5.24. The quantitative estimate of drug-likeness (QED) is 0.400. The molecule has 46 heavy (non-hydrogen) atoms. The number of aromatic nitrogens is 3. The Morgan fingerprint density at radius 3 is 2.65 bits per heavy atom. The maximum Gasteiger partial charge on any atom is 0.320 e. The standard InChI is InChI=1S/C25H28N10OS.C7H12FN/c1-5-35(14(2)15-7-6-8-30-20(15)28)23-17(10-27)22(31-24(32-23)36-4)34-12-25(13-34)19-16(9-26)21(29)37-18(19)11-33(25)3;8-6-4-7-2-1-3-9(7)5-6/h6-8,14H,5,11-13,29H2,1-4H3,(H2,28,30);6-7H,1-5H2. The van der Waals surface area contributed by atoms with E-state index >= 15 is 0 Å². The van der Waals surface area contributed by atoms with Gasteiger partial charge in [-0.15, -0.1) is 11.3 Å². The van der Waals surface area contributed by atoms with Gasteiger partial charge in [0.05, 0.1) is 24.3 Å². The number of nitrogen functional groups attached to an aromatic ring is 2. The topological polar surface area (TPSA) is 160 Å². The first-order chi connectivity index (χ1) is 22.1. The van der Waals surface area contributed by atoms with Crippen molar-refractivity contribution in [2.45, 2.75) is 63.4 Å². The maximum absolute atomic E-state index is 12.6. The fraction of sp³-hybridized carbons (Fsp3) is 0.531. The molecule has 242 valence electrons. The smallest absolute Gasteiger partial charge is 0.320 e. The number of nitriles is 2. The van der Waals surface area contributed by atoms with Crippen molar-refractivity contribution in [3.63, 3.8) is 0 Å². The molecule has 0 bridgehead atoms. The van der Waals surface area contributed by atoms with Crippen LogP contribution in [0.5, 0.6) is 6.01 Å². The van der Waals surface area contributed by atoms with E-state index < -0.39 is 6.17 Å². The van der Waals surface area contributed by atoms with Gasteiger partial charge < -0.3 is 26.0 Å². The van der Waals surface area contributed by atoms with Crippen LogP contribution in [0.15, 0.2) is 18.3 Å². The molecule has 0 radical (unpaired) electrons. The third-order valence-corrected chi connectivity index (χ3v) is 10.9. The van der Waals surface area contributed by atoms with Crippen molar-refractivity contribution in [2.75, 3.05) is 68.1 Å². The average Bonchev–Trinajstić information content (AvgIpc) is 3.75. The Bertz CT molecular complexity index is 1680. The van der Waals surface area contributed by atoms with Gasteiger partial charge in [-0.3, -0.25) is 9.80 Å². The molecular weight excluding hydrogens is 605 g/mol. The van der Waals surface area contributed by atoms with E-state index in [0.29, 0.717) is 65.8 Å². The van der Waals surface area contributed by atoms with Gasteiger partial charge in [-0.25, -0.2) is 9.37 Å². The van der Waals surface area contributed by atoms with E-state index in [0.717, 1.165) is 35.5 Å². The first kappa shape index (κ1) is 31.7. The van der Waals surface area contributed by atoms with Crippen LogP contribution in [0.1, 0.15) is 66.3 Å². The average molecular weight is 646 g/mol. The van der Waals surface area contributed by atoms with Crippen LogP contribution in [0, 0.1) is 22.7 Å². The van der Waals surface area contributed by atoms with Gasteiger partial charge >= 0.3 is 6.01 Å². The number of pyridine rings is 1. The second-order valence-corrected chi connectivity index (χ2v) is 13.5. The summed E-state index contributed by atoms with van der Waals surface area (Å²) >= 11 is 1.48. The fourth-order valence-electron chi connectivity index (χ4n) is 7.53. The van der Waals surface area contributed by atoms with Crippen LogP contribution in [0.3, 0.4) is 0 Å². The summed E-state index contributed by atoms with van der Waals surface area (Å²) in [5.41, 5.74) is 14.7. The minimum atomic E-state index is -0.518. The number of nitrogens with zero attached hydrogens (tertiary/aromatic N) is 9. The van der Waals surface area contributed by atoms with Gasteiger partial charge in [-0.05, 0) is 52.8 Å². The molecule has 3 saturated heterocycles. The van der Waals surface area contributed by atoms with Gasteiger partial charge in [0.1, 0.15) is 34.7 Å².